The topological polar surface area (TPSA) is 17.1 Å². The van der Waals surface area contributed by atoms with Crippen LogP contribution in [0.15, 0.2) is 22.7 Å². The van der Waals surface area contributed by atoms with Crippen LogP contribution in [0.3, 0.4) is 0 Å². The van der Waals surface area contributed by atoms with Gasteiger partial charge in [-0.05, 0) is 35.1 Å². The average molecular weight is 315 g/mol. The fourth-order valence-corrected chi connectivity index (χ4v) is 2.02. The zero-order chi connectivity index (χ0) is 13.9. The van der Waals surface area contributed by atoms with Crippen molar-refractivity contribution >= 4 is 21.7 Å². The van der Waals surface area contributed by atoms with Crippen molar-refractivity contribution in [3.05, 3.63) is 34.1 Å². The zero-order valence-corrected chi connectivity index (χ0v) is 13.0. The van der Waals surface area contributed by atoms with Crippen LogP contribution < -0.4 is 0 Å². The van der Waals surface area contributed by atoms with Crippen LogP contribution in [0.4, 0.5) is 4.39 Å². The van der Waals surface area contributed by atoms with Crippen LogP contribution >= 0.6 is 15.9 Å². The minimum atomic E-state index is -0.310. The van der Waals surface area contributed by atoms with E-state index in [4.69, 9.17) is 0 Å². The van der Waals surface area contributed by atoms with Crippen LogP contribution in [-0.4, -0.2) is 5.78 Å². The Kier molecular flexibility index (Phi) is 5.09. The Balaban J connectivity index is 2.68. The molecular formula is C15H20BrFO. The third-order valence-corrected chi connectivity index (χ3v) is 3.90. The molecule has 18 heavy (non-hydrogen) atoms. The Labute approximate surface area is 117 Å². The molecule has 0 saturated carbocycles. The van der Waals surface area contributed by atoms with E-state index in [1.807, 2.05) is 0 Å². The summed E-state index contributed by atoms with van der Waals surface area (Å²) in [5.41, 5.74) is 0.571. The first kappa shape index (κ1) is 15.4. The summed E-state index contributed by atoms with van der Waals surface area (Å²) in [5, 5.41) is 0. The first-order chi connectivity index (χ1) is 8.20. The monoisotopic (exact) mass is 314 g/mol. The molecule has 0 radical (unpaired) electrons. The SMILES string of the molecule is CC(CC(=O)Cc1cc(Br)ccc1F)C(C)(C)C. The van der Waals surface area contributed by atoms with E-state index in [2.05, 4.69) is 43.6 Å². The van der Waals surface area contributed by atoms with Crippen LogP contribution in [0, 0.1) is 17.2 Å². The van der Waals surface area contributed by atoms with E-state index in [-0.39, 0.29) is 23.4 Å². The van der Waals surface area contributed by atoms with Gasteiger partial charge in [0.15, 0.2) is 0 Å². The third-order valence-electron chi connectivity index (χ3n) is 3.41. The van der Waals surface area contributed by atoms with Crippen molar-refractivity contribution in [1.29, 1.82) is 0 Å². The lowest BCUT2D eigenvalue weighted by molar-refractivity contribution is -0.120. The Morgan fingerprint density at radius 2 is 2.00 bits per heavy atom. The van der Waals surface area contributed by atoms with E-state index in [9.17, 15) is 9.18 Å². The number of hydrogen-bond donors (Lipinski definition) is 0. The van der Waals surface area contributed by atoms with Crippen molar-refractivity contribution in [2.75, 3.05) is 0 Å². The largest absolute Gasteiger partial charge is 0.299 e. The van der Waals surface area contributed by atoms with Crippen LogP contribution in [0.2, 0.25) is 0 Å². The first-order valence-electron chi connectivity index (χ1n) is 6.16. The molecule has 0 amide bonds. The number of ketones is 1. The molecule has 0 heterocycles. The van der Waals surface area contributed by atoms with Gasteiger partial charge in [0.1, 0.15) is 11.6 Å². The number of carbonyl (C=O) groups is 1. The lowest BCUT2D eigenvalue weighted by atomic mass is 9.79. The van der Waals surface area contributed by atoms with Crippen LogP contribution in [0.1, 0.15) is 39.7 Å². The lowest BCUT2D eigenvalue weighted by Gasteiger charge is -2.26. The Bertz CT molecular complexity index is 435. The van der Waals surface area contributed by atoms with Crippen LogP contribution in [0.25, 0.3) is 0 Å². The van der Waals surface area contributed by atoms with Crippen molar-refractivity contribution in [2.24, 2.45) is 11.3 Å². The minimum Gasteiger partial charge on any atom is -0.299 e. The standard InChI is InChI=1S/C15H20BrFO/c1-10(15(2,3)4)7-13(18)9-11-8-12(16)5-6-14(11)17/h5-6,8,10H,7,9H2,1-4H3. The van der Waals surface area contributed by atoms with Crippen molar-refractivity contribution in [1.82, 2.24) is 0 Å². The molecule has 0 N–H and O–H groups in total. The summed E-state index contributed by atoms with van der Waals surface area (Å²) in [6, 6.07) is 4.70. The molecule has 1 atom stereocenters. The fourth-order valence-electron chi connectivity index (χ4n) is 1.61. The molecule has 0 fully saturated rings. The number of carbonyl (C=O) groups excluding carboxylic acids is 1. The molecule has 0 spiro atoms. The summed E-state index contributed by atoms with van der Waals surface area (Å²) in [7, 11) is 0. The molecule has 0 aromatic heterocycles. The number of benzene rings is 1. The molecule has 1 unspecified atom stereocenters. The van der Waals surface area contributed by atoms with Gasteiger partial charge in [-0.3, -0.25) is 4.79 Å². The van der Waals surface area contributed by atoms with Gasteiger partial charge in [-0.1, -0.05) is 43.6 Å². The van der Waals surface area contributed by atoms with Gasteiger partial charge in [-0.25, -0.2) is 4.39 Å². The van der Waals surface area contributed by atoms with Crippen molar-refractivity contribution < 1.29 is 9.18 Å². The maximum atomic E-state index is 13.5. The summed E-state index contributed by atoms with van der Waals surface area (Å²) < 4.78 is 14.3. The van der Waals surface area contributed by atoms with Gasteiger partial charge in [0.25, 0.3) is 0 Å². The Hall–Kier alpha value is -0.700. The van der Waals surface area contributed by atoms with Crippen LogP contribution in [-0.2, 0) is 11.2 Å². The van der Waals surface area contributed by atoms with E-state index in [1.54, 1.807) is 12.1 Å². The molecule has 1 aromatic rings. The Morgan fingerprint density at radius 3 is 2.56 bits per heavy atom. The highest BCUT2D eigenvalue weighted by atomic mass is 79.9. The normalized spacial score (nSPS) is 13.4. The molecule has 1 rings (SSSR count). The van der Waals surface area contributed by atoms with Crippen molar-refractivity contribution in [2.45, 2.75) is 40.5 Å². The molecule has 1 nitrogen and oxygen atoms in total. The second-order valence-electron chi connectivity index (χ2n) is 5.92. The quantitative estimate of drug-likeness (QED) is 0.782. The second kappa shape index (κ2) is 5.96. The van der Waals surface area contributed by atoms with Crippen LogP contribution in [0.5, 0.6) is 0 Å². The number of rotatable bonds is 4. The molecule has 0 saturated heterocycles. The highest BCUT2D eigenvalue weighted by Gasteiger charge is 2.22. The number of Topliss-reactive ketones (excluding diaryl/α,β-unsaturated/α-hetero) is 1. The van der Waals surface area contributed by atoms with Gasteiger partial charge in [-0.15, -0.1) is 0 Å². The minimum absolute atomic E-state index is 0.0921. The summed E-state index contributed by atoms with van der Waals surface area (Å²) >= 11 is 3.29. The predicted octanol–water partition coefficient (Wildman–Crippen LogP) is 4.77. The van der Waals surface area contributed by atoms with Gasteiger partial charge >= 0.3 is 0 Å². The summed E-state index contributed by atoms with van der Waals surface area (Å²) in [6.45, 7) is 8.41. The zero-order valence-electron chi connectivity index (χ0n) is 11.4. The molecule has 0 aliphatic rings. The van der Waals surface area contributed by atoms with Gasteiger partial charge in [0, 0.05) is 17.3 Å². The highest BCUT2D eigenvalue weighted by molar-refractivity contribution is 9.10. The average Bonchev–Trinajstić information content (AvgIpc) is 2.22. The maximum Gasteiger partial charge on any atom is 0.137 e. The van der Waals surface area contributed by atoms with Gasteiger partial charge < -0.3 is 0 Å². The van der Waals surface area contributed by atoms with Crippen molar-refractivity contribution in [3.63, 3.8) is 0 Å². The molecule has 0 aliphatic carbocycles. The highest BCUT2D eigenvalue weighted by Crippen LogP contribution is 2.28. The van der Waals surface area contributed by atoms with Crippen molar-refractivity contribution in [3.8, 4) is 0 Å². The second-order valence-corrected chi connectivity index (χ2v) is 6.84. The molecule has 3 heteroatoms. The maximum absolute atomic E-state index is 13.5. The fraction of sp³-hybridized carbons (Fsp3) is 0.533. The Morgan fingerprint density at radius 1 is 1.39 bits per heavy atom. The van der Waals surface area contributed by atoms with E-state index >= 15 is 0 Å². The number of halogens is 2. The molecule has 0 aliphatic heterocycles. The first-order valence-corrected chi connectivity index (χ1v) is 6.95. The molecular weight excluding hydrogens is 295 g/mol. The van der Waals surface area contributed by atoms with E-state index in [0.29, 0.717) is 17.9 Å². The van der Waals surface area contributed by atoms with E-state index < -0.39 is 0 Å². The molecule has 100 valence electrons. The van der Waals surface area contributed by atoms with Gasteiger partial charge in [-0.2, -0.15) is 0 Å². The molecule has 1 aromatic carbocycles. The van der Waals surface area contributed by atoms with E-state index in [1.165, 1.54) is 6.07 Å². The summed E-state index contributed by atoms with van der Waals surface area (Å²) in [6.07, 6.45) is 0.668. The number of hydrogen-bond acceptors (Lipinski definition) is 1. The smallest absolute Gasteiger partial charge is 0.137 e. The summed E-state index contributed by atoms with van der Waals surface area (Å²) in [5.74, 6) is 0.0737. The lowest BCUT2D eigenvalue weighted by Crippen LogP contribution is -2.21. The van der Waals surface area contributed by atoms with Gasteiger partial charge in [0.05, 0.1) is 0 Å². The molecule has 0 bridgehead atoms. The van der Waals surface area contributed by atoms with E-state index in [0.717, 1.165) is 4.47 Å². The van der Waals surface area contributed by atoms with Gasteiger partial charge in [0.2, 0.25) is 0 Å². The third kappa shape index (κ3) is 4.52. The summed E-state index contributed by atoms with van der Waals surface area (Å²) in [4.78, 5) is 12.0. The predicted molar refractivity (Wildman–Crippen MR) is 76.0 cm³/mol.